The minimum atomic E-state index is -4.96. The van der Waals surface area contributed by atoms with Gasteiger partial charge in [-0.05, 0) is 83.9 Å². The van der Waals surface area contributed by atoms with E-state index in [1.54, 1.807) is 12.1 Å². The van der Waals surface area contributed by atoms with Gasteiger partial charge in [-0.15, -0.1) is 13.2 Å². The number of unbranched alkanes of at least 4 members (excludes halogenated alkanes) is 3. The molecule has 0 aliphatic rings. The average molecular weight is 541 g/mol. The molecule has 0 bridgehead atoms. The lowest BCUT2D eigenvalue weighted by molar-refractivity contribution is -0.275. The molecule has 0 heterocycles. The van der Waals surface area contributed by atoms with E-state index < -0.39 is 17.9 Å². The van der Waals surface area contributed by atoms with Gasteiger partial charge in [-0.3, -0.25) is 0 Å². The normalized spacial score (nSPS) is 11.7. The van der Waals surface area contributed by atoms with Crippen molar-refractivity contribution in [3.63, 3.8) is 0 Å². The number of hydrogen-bond acceptors (Lipinski definition) is 1. The topological polar surface area (TPSA) is 9.23 Å². The van der Waals surface area contributed by atoms with E-state index in [0.717, 1.165) is 42.3 Å². The third-order valence-corrected chi connectivity index (χ3v) is 7.05. The minimum Gasteiger partial charge on any atom is -0.403 e. The quantitative estimate of drug-likeness (QED) is 0.128. The first kappa shape index (κ1) is 28.6. The van der Waals surface area contributed by atoms with E-state index in [0.29, 0.717) is 16.5 Å². The van der Waals surface area contributed by atoms with Gasteiger partial charge < -0.3 is 4.74 Å². The van der Waals surface area contributed by atoms with Crippen molar-refractivity contribution in [3.8, 4) is 5.75 Å². The summed E-state index contributed by atoms with van der Waals surface area (Å²) in [6.45, 7) is 2.22. The van der Waals surface area contributed by atoms with Crippen LogP contribution in [0.4, 0.5) is 22.0 Å². The van der Waals surface area contributed by atoms with Crippen molar-refractivity contribution in [2.75, 3.05) is 0 Å². The Morgan fingerprint density at radius 3 is 1.92 bits per heavy atom. The Kier molecular flexibility index (Phi) is 9.60. The van der Waals surface area contributed by atoms with Crippen molar-refractivity contribution in [2.24, 2.45) is 0 Å². The summed E-state index contributed by atoms with van der Waals surface area (Å²) in [5, 5.41) is 1.33. The fourth-order valence-corrected chi connectivity index (χ4v) is 4.84. The van der Waals surface area contributed by atoms with Crippen molar-refractivity contribution in [1.82, 2.24) is 0 Å². The lowest BCUT2D eigenvalue weighted by atomic mass is 9.97. The van der Waals surface area contributed by atoms with E-state index in [2.05, 4.69) is 35.9 Å². The monoisotopic (exact) mass is 540 g/mol. The Hall–Kier alpha value is -3.41. The van der Waals surface area contributed by atoms with Crippen LogP contribution in [0.2, 0.25) is 0 Å². The highest BCUT2D eigenvalue weighted by molar-refractivity contribution is 5.84. The van der Waals surface area contributed by atoms with Gasteiger partial charge in [0.05, 0.1) is 0 Å². The van der Waals surface area contributed by atoms with Crippen LogP contribution in [0.1, 0.15) is 60.4 Å². The van der Waals surface area contributed by atoms with E-state index in [4.69, 9.17) is 0 Å². The van der Waals surface area contributed by atoms with Crippen LogP contribution in [0.5, 0.6) is 5.75 Å². The second-order valence-electron chi connectivity index (χ2n) is 10.0. The summed E-state index contributed by atoms with van der Waals surface area (Å²) in [5.74, 6) is -2.31. The Bertz CT molecular complexity index is 1380. The molecular weight excluding hydrogens is 507 g/mol. The molecular formula is C33H33F5O. The Balaban J connectivity index is 1.34. The SMILES string of the molecule is CCCCCCc1ccc(CCc2ccc3c(F)c(CCc4ccc(OC(F)(F)F)c(F)c4)ccc3c2)cc1. The maximum Gasteiger partial charge on any atom is 0.573 e. The van der Waals surface area contributed by atoms with Crippen molar-refractivity contribution < 1.29 is 26.7 Å². The number of hydrogen-bond donors (Lipinski definition) is 0. The van der Waals surface area contributed by atoms with Gasteiger partial charge in [0.15, 0.2) is 11.6 Å². The van der Waals surface area contributed by atoms with Gasteiger partial charge >= 0.3 is 6.36 Å². The number of aryl methyl sites for hydroxylation is 5. The fourth-order valence-electron chi connectivity index (χ4n) is 4.84. The lowest BCUT2D eigenvalue weighted by Crippen LogP contribution is -2.18. The molecule has 6 heteroatoms. The van der Waals surface area contributed by atoms with Crippen LogP contribution in [-0.4, -0.2) is 6.36 Å². The molecule has 0 saturated carbocycles. The molecule has 0 atom stereocenters. The molecule has 0 N–H and O–H groups in total. The molecule has 0 aliphatic carbocycles. The number of ether oxygens (including phenoxy) is 1. The van der Waals surface area contributed by atoms with Crippen LogP contribution < -0.4 is 4.74 Å². The van der Waals surface area contributed by atoms with Crippen LogP contribution in [0.15, 0.2) is 72.8 Å². The molecule has 0 fully saturated rings. The Labute approximate surface area is 226 Å². The molecule has 0 radical (unpaired) electrons. The summed E-state index contributed by atoms with van der Waals surface area (Å²) in [6.07, 6.45) is 3.54. The summed E-state index contributed by atoms with van der Waals surface area (Å²) >= 11 is 0. The van der Waals surface area contributed by atoms with Crippen LogP contribution in [-0.2, 0) is 32.1 Å². The third-order valence-electron chi connectivity index (χ3n) is 7.05. The number of benzene rings is 4. The lowest BCUT2D eigenvalue weighted by Gasteiger charge is -2.11. The molecule has 0 saturated heterocycles. The standard InChI is InChI=1S/C33H33F5O/c1-2-3-4-5-6-23-7-9-24(10-8-23)11-12-25-14-19-29-28(21-25)18-17-27(32(29)35)16-13-26-15-20-31(30(34)22-26)39-33(36,37)38/h7-10,14-15,17-22H,2-6,11-13,16H2,1H3. The number of alkyl halides is 3. The van der Waals surface area contributed by atoms with E-state index in [1.807, 2.05) is 18.2 Å². The van der Waals surface area contributed by atoms with Crippen molar-refractivity contribution in [1.29, 1.82) is 0 Å². The molecule has 0 amide bonds. The van der Waals surface area contributed by atoms with Crippen LogP contribution >= 0.6 is 0 Å². The zero-order valence-electron chi connectivity index (χ0n) is 22.1. The van der Waals surface area contributed by atoms with E-state index in [1.165, 1.54) is 42.9 Å². The summed E-state index contributed by atoms with van der Waals surface area (Å²) in [6, 6.07) is 21.5. The highest BCUT2D eigenvalue weighted by Crippen LogP contribution is 2.28. The minimum absolute atomic E-state index is 0.279. The van der Waals surface area contributed by atoms with Crippen LogP contribution in [0.3, 0.4) is 0 Å². The van der Waals surface area contributed by atoms with Gasteiger partial charge in [-0.1, -0.05) is 86.8 Å². The van der Waals surface area contributed by atoms with E-state index >= 15 is 4.39 Å². The molecule has 0 spiro atoms. The smallest absolute Gasteiger partial charge is 0.403 e. The van der Waals surface area contributed by atoms with E-state index in [-0.39, 0.29) is 18.7 Å². The van der Waals surface area contributed by atoms with Gasteiger partial charge in [0.25, 0.3) is 0 Å². The van der Waals surface area contributed by atoms with Gasteiger partial charge in [0.2, 0.25) is 0 Å². The van der Waals surface area contributed by atoms with Gasteiger partial charge in [-0.25, -0.2) is 8.78 Å². The van der Waals surface area contributed by atoms with Crippen LogP contribution in [0, 0.1) is 11.6 Å². The summed E-state index contributed by atoms with van der Waals surface area (Å²) in [5.41, 5.74) is 4.73. The third kappa shape index (κ3) is 8.29. The van der Waals surface area contributed by atoms with Gasteiger partial charge in [0, 0.05) is 5.39 Å². The molecule has 0 unspecified atom stereocenters. The molecule has 206 valence electrons. The number of rotatable bonds is 12. The zero-order valence-corrected chi connectivity index (χ0v) is 22.1. The molecule has 0 aliphatic heterocycles. The summed E-state index contributed by atoms with van der Waals surface area (Å²) < 4.78 is 69.9. The molecule has 39 heavy (non-hydrogen) atoms. The second-order valence-corrected chi connectivity index (χ2v) is 10.0. The largest absolute Gasteiger partial charge is 0.573 e. The molecule has 1 nitrogen and oxygen atoms in total. The maximum absolute atomic E-state index is 15.2. The second kappa shape index (κ2) is 13.1. The first-order valence-electron chi connectivity index (χ1n) is 13.5. The number of fused-ring (bicyclic) bond motifs is 1. The molecule has 4 aromatic rings. The molecule has 0 aromatic heterocycles. The van der Waals surface area contributed by atoms with E-state index in [9.17, 15) is 17.6 Å². The predicted molar refractivity (Wildman–Crippen MR) is 146 cm³/mol. The van der Waals surface area contributed by atoms with Gasteiger partial charge in [0.1, 0.15) is 5.82 Å². The Morgan fingerprint density at radius 2 is 1.23 bits per heavy atom. The summed E-state index contributed by atoms with van der Waals surface area (Å²) in [7, 11) is 0. The summed E-state index contributed by atoms with van der Waals surface area (Å²) in [4.78, 5) is 0. The van der Waals surface area contributed by atoms with Crippen LogP contribution in [0.25, 0.3) is 10.8 Å². The zero-order chi connectivity index (χ0) is 27.8. The molecule has 4 rings (SSSR count). The first-order chi connectivity index (χ1) is 18.7. The maximum atomic E-state index is 15.2. The van der Waals surface area contributed by atoms with Crippen molar-refractivity contribution in [3.05, 3.63) is 112 Å². The van der Waals surface area contributed by atoms with Gasteiger partial charge in [-0.2, -0.15) is 0 Å². The predicted octanol–water partition coefficient (Wildman–Crippen LogP) is 9.71. The number of halogens is 5. The highest BCUT2D eigenvalue weighted by atomic mass is 19.4. The van der Waals surface area contributed by atoms with Crippen molar-refractivity contribution in [2.45, 2.75) is 71.1 Å². The molecule has 4 aromatic carbocycles. The highest BCUT2D eigenvalue weighted by Gasteiger charge is 2.32. The fraction of sp³-hybridized carbons (Fsp3) is 0.333. The van der Waals surface area contributed by atoms with Crippen molar-refractivity contribution >= 4 is 10.8 Å². The average Bonchev–Trinajstić information content (AvgIpc) is 2.91. The first-order valence-corrected chi connectivity index (χ1v) is 13.5. The Morgan fingerprint density at radius 1 is 0.615 bits per heavy atom.